The van der Waals surface area contributed by atoms with Crippen LogP contribution in [0.3, 0.4) is 0 Å². The van der Waals surface area contributed by atoms with Crippen molar-refractivity contribution in [1.82, 2.24) is 0 Å². The topological polar surface area (TPSA) is 26.0 Å². The highest BCUT2D eigenvalue weighted by Gasteiger charge is 1.92. The molecule has 2 N–H and O–H groups in total. The van der Waals surface area contributed by atoms with E-state index in [0.717, 1.165) is 32.1 Å². The van der Waals surface area contributed by atoms with Crippen LogP contribution in [0.2, 0.25) is 0 Å². The molecule has 0 saturated carbocycles. The summed E-state index contributed by atoms with van der Waals surface area (Å²) in [6, 6.07) is 0.349. The second-order valence-electron chi connectivity index (χ2n) is 3.33. The fourth-order valence-corrected chi connectivity index (χ4v) is 1.03. The molecule has 0 heterocycles. The predicted molar refractivity (Wildman–Crippen MR) is 60.7 cm³/mol. The van der Waals surface area contributed by atoms with Gasteiger partial charge < -0.3 is 5.73 Å². The van der Waals surface area contributed by atoms with E-state index < -0.39 is 0 Å². The minimum Gasteiger partial charge on any atom is -0.327 e. The van der Waals surface area contributed by atoms with Crippen LogP contribution in [-0.4, -0.2) is 6.04 Å². The Kier molecular flexibility index (Phi) is 9.12. The average Bonchev–Trinajstić information content (AvgIpc) is 2.16. The maximum atomic E-state index is 5.77. The van der Waals surface area contributed by atoms with E-state index >= 15 is 0 Å². The van der Waals surface area contributed by atoms with Gasteiger partial charge in [0.2, 0.25) is 0 Å². The highest BCUT2D eigenvalue weighted by atomic mass is 14.6. The number of allylic oxidation sites excluding steroid dienone is 3. The second kappa shape index (κ2) is 9.53. The van der Waals surface area contributed by atoms with Crippen molar-refractivity contribution >= 4 is 0 Å². The lowest BCUT2D eigenvalue weighted by molar-refractivity contribution is 0.658. The molecule has 0 bridgehead atoms. The molecule has 0 aliphatic carbocycles. The van der Waals surface area contributed by atoms with Gasteiger partial charge in [-0.25, -0.2) is 0 Å². The smallest absolute Gasteiger partial charge is 0.00707 e. The SMILES string of the molecule is CC/C=C\CC/C=C/CC(N)CC. The van der Waals surface area contributed by atoms with Crippen molar-refractivity contribution < 1.29 is 0 Å². The van der Waals surface area contributed by atoms with Crippen LogP contribution < -0.4 is 5.73 Å². The Morgan fingerprint density at radius 3 is 2.15 bits per heavy atom. The molecule has 0 radical (unpaired) electrons. The maximum Gasteiger partial charge on any atom is 0.00707 e. The molecule has 0 aliphatic heterocycles. The zero-order valence-corrected chi connectivity index (χ0v) is 9.00. The number of rotatable bonds is 7. The van der Waals surface area contributed by atoms with Crippen LogP contribution in [-0.2, 0) is 0 Å². The van der Waals surface area contributed by atoms with E-state index in [1.807, 2.05) is 0 Å². The lowest BCUT2D eigenvalue weighted by Gasteiger charge is -2.02. The van der Waals surface area contributed by atoms with Gasteiger partial charge in [-0.3, -0.25) is 0 Å². The minimum absolute atomic E-state index is 0.349. The minimum atomic E-state index is 0.349. The summed E-state index contributed by atoms with van der Waals surface area (Å²) in [7, 11) is 0. The molecule has 0 aromatic carbocycles. The lowest BCUT2D eigenvalue weighted by Crippen LogP contribution is -2.16. The molecule has 0 amide bonds. The van der Waals surface area contributed by atoms with E-state index in [0.29, 0.717) is 6.04 Å². The second-order valence-corrected chi connectivity index (χ2v) is 3.33. The fourth-order valence-electron chi connectivity index (χ4n) is 1.03. The lowest BCUT2D eigenvalue weighted by atomic mass is 10.1. The Balaban J connectivity index is 3.26. The van der Waals surface area contributed by atoms with E-state index in [9.17, 15) is 0 Å². The van der Waals surface area contributed by atoms with E-state index in [1.54, 1.807) is 0 Å². The summed E-state index contributed by atoms with van der Waals surface area (Å²) in [5.74, 6) is 0. The van der Waals surface area contributed by atoms with Gasteiger partial charge in [0.15, 0.2) is 0 Å². The van der Waals surface area contributed by atoms with Gasteiger partial charge in [0.1, 0.15) is 0 Å². The summed E-state index contributed by atoms with van der Waals surface area (Å²) in [6.45, 7) is 4.29. The van der Waals surface area contributed by atoms with Crippen LogP contribution in [0.15, 0.2) is 24.3 Å². The quantitative estimate of drug-likeness (QED) is 0.472. The van der Waals surface area contributed by atoms with Crippen molar-refractivity contribution in [3.8, 4) is 0 Å². The molecule has 0 rings (SSSR count). The Labute approximate surface area is 82.7 Å². The molecule has 0 aliphatic rings. The Bertz CT molecular complexity index is 147. The molecule has 0 aromatic heterocycles. The summed E-state index contributed by atoms with van der Waals surface area (Å²) < 4.78 is 0. The first kappa shape index (κ1) is 12.4. The Hall–Kier alpha value is -0.560. The van der Waals surface area contributed by atoms with Gasteiger partial charge in [0.25, 0.3) is 0 Å². The van der Waals surface area contributed by atoms with Gasteiger partial charge in [0, 0.05) is 6.04 Å². The molecule has 1 nitrogen and oxygen atoms in total. The molecule has 0 spiro atoms. The van der Waals surface area contributed by atoms with Crippen molar-refractivity contribution in [2.45, 2.75) is 52.0 Å². The molecule has 1 heteroatoms. The van der Waals surface area contributed by atoms with Crippen molar-refractivity contribution in [2.75, 3.05) is 0 Å². The fraction of sp³-hybridized carbons (Fsp3) is 0.667. The van der Waals surface area contributed by atoms with Gasteiger partial charge in [0.05, 0.1) is 0 Å². The summed E-state index contributed by atoms with van der Waals surface area (Å²) in [4.78, 5) is 0. The van der Waals surface area contributed by atoms with Gasteiger partial charge in [-0.15, -0.1) is 0 Å². The third kappa shape index (κ3) is 9.35. The van der Waals surface area contributed by atoms with Gasteiger partial charge in [-0.1, -0.05) is 38.2 Å². The summed E-state index contributed by atoms with van der Waals surface area (Å²) in [5.41, 5.74) is 5.77. The monoisotopic (exact) mass is 181 g/mol. The van der Waals surface area contributed by atoms with E-state index in [-0.39, 0.29) is 0 Å². The average molecular weight is 181 g/mol. The first-order valence-corrected chi connectivity index (χ1v) is 5.36. The van der Waals surface area contributed by atoms with E-state index in [1.165, 1.54) is 0 Å². The Morgan fingerprint density at radius 2 is 1.62 bits per heavy atom. The summed E-state index contributed by atoms with van der Waals surface area (Å²) >= 11 is 0. The van der Waals surface area contributed by atoms with Crippen molar-refractivity contribution in [2.24, 2.45) is 5.73 Å². The highest BCUT2D eigenvalue weighted by molar-refractivity contribution is 4.89. The van der Waals surface area contributed by atoms with E-state index in [4.69, 9.17) is 5.73 Å². The number of hydrogen-bond donors (Lipinski definition) is 1. The van der Waals surface area contributed by atoms with Crippen LogP contribution >= 0.6 is 0 Å². The maximum absolute atomic E-state index is 5.77. The molecule has 0 saturated heterocycles. The molecule has 1 atom stereocenters. The molecule has 13 heavy (non-hydrogen) atoms. The van der Waals surface area contributed by atoms with Crippen molar-refractivity contribution in [1.29, 1.82) is 0 Å². The summed E-state index contributed by atoms with van der Waals surface area (Å²) in [5, 5.41) is 0. The molecular formula is C12H23N. The van der Waals surface area contributed by atoms with Crippen LogP contribution in [0.4, 0.5) is 0 Å². The van der Waals surface area contributed by atoms with Crippen LogP contribution in [0, 0.1) is 0 Å². The molecule has 1 unspecified atom stereocenters. The number of hydrogen-bond acceptors (Lipinski definition) is 1. The number of nitrogens with two attached hydrogens (primary N) is 1. The molecule has 0 fully saturated rings. The van der Waals surface area contributed by atoms with Crippen molar-refractivity contribution in [3.05, 3.63) is 24.3 Å². The third-order valence-electron chi connectivity index (χ3n) is 2.03. The highest BCUT2D eigenvalue weighted by Crippen LogP contribution is 1.98. The van der Waals surface area contributed by atoms with Gasteiger partial charge in [-0.2, -0.15) is 0 Å². The molecule has 0 aromatic rings. The van der Waals surface area contributed by atoms with Gasteiger partial charge in [-0.05, 0) is 32.1 Å². The molecule has 76 valence electrons. The van der Waals surface area contributed by atoms with Crippen LogP contribution in [0.25, 0.3) is 0 Å². The number of unbranched alkanes of at least 4 members (excludes halogenated alkanes) is 1. The zero-order chi connectivity index (χ0) is 9.94. The largest absolute Gasteiger partial charge is 0.327 e. The third-order valence-corrected chi connectivity index (χ3v) is 2.03. The van der Waals surface area contributed by atoms with Crippen molar-refractivity contribution in [3.63, 3.8) is 0 Å². The first-order chi connectivity index (χ1) is 6.31. The first-order valence-electron chi connectivity index (χ1n) is 5.36. The van der Waals surface area contributed by atoms with Crippen LogP contribution in [0.5, 0.6) is 0 Å². The molecular weight excluding hydrogens is 158 g/mol. The standard InChI is InChI=1S/C12H23N/c1-3-5-6-7-8-9-10-11-12(13)4-2/h5-6,9-10,12H,3-4,7-8,11,13H2,1-2H3/b6-5-,10-9+. The van der Waals surface area contributed by atoms with Gasteiger partial charge >= 0.3 is 0 Å². The normalized spacial score (nSPS) is 14.4. The Morgan fingerprint density at radius 1 is 1.00 bits per heavy atom. The zero-order valence-electron chi connectivity index (χ0n) is 9.00. The van der Waals surface area contributed by atoms with Crippen LogP contribution in [0.1, 0.15) is 46.0 Å². The van der Waals surface area contributed by atoms with E-state index in [2.05, 4.69) is 38.2 Å². The predicted octanol–water partition coefficient (Wildman–Crippen LogP) is 3.42. The summed E-state index contributed by atoms with van der Waals surface area (Å²) in [6.07, 6.45) is 14.4.